The average Bonchev–Trinajstić information content (AvgIpc) is 3.31. The molecule has 2 heteroatoms. The van der Waals surface area contributed by atoms with Crippen molar-refractivity contribution < 1.29 is 0 Å². The Morgan fingerprint density at radius 3 is 1.48 bits per heavy atom. The molecule has 0 unspecified atom stereocenters. The van der Waals surface area contributed by atoms with Crippen LogP contribution in [0.5, 0.6) is 0 Å². The van der Waals surface area contributed by atoms with Gasteiger partial charge >= 0.3 is 0 Å². The summed E-state index contributed by atoms with van der Waals surface area (Å²) in [4.78, 5) is 10.4. The van der Waals surface area contributed by atoms with Crippen LogP contribution < -0.4 is 0 Å². The molecule has 0 N–H and O–H groups in total. The molecule has 270 valence electrons. The van der Waals surface area contributed by atoms with E-state index < -0.39 is 0 Å². The third-order valence-electron chi connectivity index (χ3n) is 11.4. The Morgan fingerprint density at radius 2 is 0.759 bits per heavy atom. The number of nitrogens with zero attached hydrogens (tertiary/aromatic N) is 2. The number of pyridine rings is 2. The second-order valence-electron chi connectivity index (χ2n) is 15.0. The van der Waals surface area contributed by atoms with Gasteiger partial charge in [-0.3, -0.25) is 0 Å². The second-order valence-corrected chi connectivity index (χ2v) is 15.0. The zero-order chi connectivity index (χ0) is 38.4. The van der Waals surface area contributed by atoms with Gasteiger partial charge in [0, 0.05) is 22.1 Å². The van der Waals surface area contributed by atoms with Gasteiger partial charge in [0.05, 0.1) is 22.6 Å². The lowest BCUT2D eigenvalue weighted by molar-refractivity contribution is 1.32. The maximum atomic E-state index is 5.32. The van der Waals surface area contributed by atoms with Crippen LogP contribution in [0.1, 0.15) is 0 Å². The summed E-state index contributed by atoms with van der Waals surface area (Å²) in [6, 6.07) is 78.3. The largest absolute Gasteiger partial charge is 0.248 e. The smallest absolute Gasteiger partial charge is 0.0716 e. The molecule has 0 atom stereocenters. The van der Waals surface area contributed by atoms with E-state index in [0.717, 1.165) is 66.9 Å². The van der Waals surface area contributed by atoms with Crippen molar-refractivity contribution in [2.45, 2.75) is 0 Å². The number of benzene rings is 9. The van der Waals surface area contributed by atoms with Crippen LogP contribution in [0.15, 0.2) is 218 Å². The number of rotatable bonds is 6. The van der Waals surface area contributed by atoms with Gasteiger partial charge in [0.2, 0.25) is 0 Å². The van der Waals surface area contributed by atoms with Crippen LogP contribution in [-0.2, 0) is 0 Å². The predicted molar refractivity (Wildman–Crippen MR) is 245 cm³/mol. The van der Waals surface area contributed by atoms with Gasteiger partial charge in [-0.05, 0) is 108 Å². The molecule has 0 aliphatic rings. The highest BCUT2D eigenvalue weighted by Gasteiger charge is 2.15. The fourth-order valence-corrected chi connectivity index (χ4v) is 8.47. The minimum Gasteiger partial charge on any atom is -0.248 e. The van der Waals surface area contributed by atoms with Crippen molar-refractivity contribution in [3.8, 4) is 67.2 Å². The highest BCUT2D eigenvalue weighted by Crippen LogP contribution is 2.40. The molecular formula is C56H36N2. The van der Waals surface area contributed by atoms with Crippen molar-refractivity contribution in [1.29, 1.82) is 0 Å². The van der Waals surface area contributed by atoms with E-state index in [1.54, 1.807) is 0 Å². The van der Waals surface area contributed by atoms with Crippen molar-refractivity contribution in [3.05, 3.63) is 218 Å². The monoisotopic (exact) mass is 736 g/mol. The van der Waals surface area contributed by atoms with Crippen molar-refractivity contribution in [2.24, 2.45) is 0 Å². The van der Waals surface area contributed by atoms with E-state index in [0.29, 0.717) is 0 Å². The molecule has 11 rings (SSSR count). The fraction of sp³-hybridized carbons (Fsp3) is 0. The Balaban J connectivity index is 1.08. The van der Waals surface area contributed by atoms with Gasteiger partial charge < -0.3 is 0 Å². The number of aromatic nitrogens is 2. The van der Waals surface area contributed by atoms with Crippen molar-refractivity contribution in [3.63, 3.8) is 0 Å². The molecule has 0 bridgehead atoms. The molecule has 9 aromatic carbocycles. The van der Waals surface area contributed by atoms with Crippen LogP contribution in [0.25, 0.3) is 110 Å². The van der Waals surface area contributed by atoms with Gasteiger partial charge in [0.25, 0.3) is 0 Å². The van der Waals surface area contributed by atoms with Gasteiger partial charge in [-0.2, -0.15) is 0 Å². The Hall–Kier alpha value is -7.68. The van der Waals surface area contributed by atoms with E-state index in [1.165, 1.54) is 43.4 Å². The van der Waals surface area contributed by atoms with Crippen LogP contribution in [0.4, 0.5) is 0 Å². The quantitative estimate of drug-likeness (QED) is 0.159. The lowest BCUT2D eigenvalue weighted by Crippen LogP contribution is -1.93. The van der Waals surface area contributed by atoms with Gasteiger partial charge in [0.1, 0.15) is 0 Å². The first kappa shape index (κ1) is 33.6. The summed E-state index contributed by atoms with van der Waals surface area (Å²) in [5.74, 6) is 0. The number of fused-ring (bicyclic) bond motifs is 5. The minimum atomic E-state index is 0.954. The number of hydrogen-bond donors (Lipinski definition) is 0. The molecule has 0 aliphatic heterocycles. The van der Waals surface area contributed by atoms with Crippen LogP contribution in [0, 0.1) is 0 Å². The van der Waals surface area contributed by atoms with E-state index in [9.17, 15) is 0 Å². The minimum absolute atomic E-state index is 0.954. The molecule has 11 aromatic rings. The van der Waals surface area contributed by atoms with Crippen LogP contribution in [0.3, 0.4) is 0 Å². The van der Waals surface area contributed by atoms with E-state index >= 15 is 0 Å². The van der Waals surface area contributed by atoms with E-state index in [-0.39, 0.29) is 0 Å². The summed E-state index contributed by atoms with van der Waals surface area (Å²) in [5.41, 5.74) is 14.1. The average molecular weight is 737 g/mol. The first-order valence-corrected chi connectivity index (χ1v) is 19.8. The first-order chi connectivity index (χ1) is 28.7. The number of hydrogen-bond acceptors (Lipinski definition) is 2. The molecule has 2 heterocycles. The van der Waals surface area contributed by atoms with E-state index in [4.69, 9.17) is 9.97 Å². The Morgan fingerprint density at radius 1 is 0.224 bits per heavy atom. The lowest BCUT2D eigenvalue weighted by Gasteiger charge is -2.15. The molecule has 0 saturated carbocycles. The molecular weight excluding hydrogens is 701 g/mol. The fourth-order valence-electron chi connectivity index (χ4n) is 8.47. The molecule has 58 heavy (non-hydrogen) atoms. The van der Waals surface area contributed by atoms with Crippen LogP contribution >= 0.6 is 0 Å². The van der Waals surface area contributed by atoms with Gasteiger partial charge in [-0.25, -0.2) is 9.97 Å². The van der Waals surface area contributed by atoms with Gasteiger partial charge in [-0.15, -0.1) is 0 Å². The molecule has 2 aromatic heterocycles. The zero-order valence-corrected chi connectivity index (χ0v) is 31.7. The molecule has 0 radical (unpaired) electrons. The maximum absolute atomic E-state index is 5.32. The normalized spacial score (nSPS) is 11.4. The van der Waals surface area contributed by atoms with Crippen LogP contribution in [-0.4, -0.2) is 9.97 Å². The summed E-state index contributed by atoms with van der Waals surface area (Å²) in [6.07, 6.45) is 0. The topological polar surface area (TPSA) is 25.8 Å². The van der Waals surface area contributed by atoms with Crippen molar-refractivity contribution >= 4 is 43.2 Å². The Labute approximate surface area is 337 Å². The molecule has 0 aliphatic carbocycles. The molecule has 0 fully saturated rings. The van der Waals surface area contributed by atoms with E-state index in [2.05, 4.69) is 206 Å². The summed E-state index contributed by atoms with van der Waals surface area (Å²) in [7, 11) is 0. The molecule has 0 amide bonds. The highest BCUT2D eigenvalue weighted by molar-refractivity contribution is 6.14. The standard InChI is InChI=1S/C56H36N2/c1-3-14-40(15-4-1)54-34-46(35-55(58-54)41-16-5-2-6-17-41)38-23-26-39(27-24-38)51-36-56(45-28-25-37-13-7-8-18-42(37)31-45)57-53-30-29-44(33-52(51)53)50-32-43-19-9-10-20-47(43)48-21-11-12-22-49(48)50/h1-36H. The zero-order valence-electron chi connectivity index (χ0n) is 31.7. The van der Waals surface area contributed by atoms with Gasteiger partial charge in [0.15, 0.2) is 0 Å². The van der Waals surface area contributed by atoms with Gasteiger partial charge in [-0.1, -0.05) is 176 Å². The van der Waals surface area contributed by atoms with Crippen LogP contribution in [0.2, 0.25) is 0 Å². The summed E-state index contributed by atoms with van der Waals surface area (Å²) >= 11 is 0. The molecule has 0 spiro atoms. The Kier molecular flexibility index (Phi) is 8.19. The Bertz CT molecular complexity index is 3260. The molecule has 2 nitrogen and oxygen atoms in total. The van der Waals surface area contributed by atoms with Crippen molar-refractivity contribution in [1.82, 2.24) is 9.97 Å². The first-order valence-electron chi connectivity index (χ1n) is 19.8. The lowest BCUT2D eigenvalue weighted by atomic mass is 9.91. The van der Waals surface area contributed by atoms with Crippen molar-refractivity contribution in [2.75, 3.05) is 0 Å². The molecule has 0 saturated heterocycles. The SMILES string of the molecule is c1ccc(-c2cc(-c3ccc(-c4cc(-c5ccc6ccccc6c5)nc5ccc(-c6cc7ccccc7c7ccccc67)cc45)cc3)cc(-c3ccccc3)n2)cc1. The highest BCUT2D eigenvalue weighted by atomic mass is 14.7. The second kappa shape index (κ2) is 14.1. The summed E-state index contributed by atoms with van der Waals surface area (Å²) < 4.78 is 0. The third-order valence-corrected chi connectivity index (χ3v) is 11.4. The summed E-state index contributed by atoms with van der Waals surface area (Å²) in [6.45, 7) is 0. The predicted octanol–water partition coefficient (Wildman–Crippen LogP) is 15.1. The maximum Gasteiger partial charge on any atom is 0.0716 e. The summed E-state index contributed by atoms with van der Waals surface area (Å²) in [5, 5.41) is 8.55. The third kappa shape index (κ3) is 6.09. The van der Waals surface area contributed by atoms with E-state index in [1.807, 2.05) is 12.1 Å².